The van der Waals surface area contributed by atoms with Gasteiger partial charge in [-0.2, -0.15) is 5.10 Å². The van der Waals surface area contributed by atoms with E-state index >= 15 is 0 Å². The number of para-hydroxylation sites is 1. The van der Waals surface area contributed by atoms with Crippen molar-refractivity contribution in [3.05, 3.63) is 30.5 Å². The van der Waals surface area contributed by atoms with Crippen molar-refractivity contribution in [3.8, 4) is 0 Å². The summed E-state index contributed by atoms with van der Waals surface area (Å²) in [6.45, 7) is 6.07. The second kappa shape index (κ2) is 11.0. The topological polar surface area (TPSA) is 97.6 Å². The standard InChI is InChI=1S/C21H25N7OS3/c1-3-9-23-18-14-12-24-28(19(14)27-20(26-18)30-4-2)11-10-22-17(29)13-31-21-25-15-7-5-6-8-16(15)32-21/h5-8,12H,3-4,9-11,13H2,1-2H3,(H,22,29)(H,23,26,27). The van der Waals surface area contributed by atoms with Crippen LogP contribution in [0.3, 0.4) is 0 Å². The molecule has 0 saturated heterocycles. The van der Waals surface area contributed by atoms with Crippen molar-refractivity contribution < 1.29 is 4.79 Å². The molecule has 0 unspecified atom stereocenters. The predicted octanol–water partition coefficient (Wildman–Crippen LogP) is 4.28. The van der Waals surface area contributed by atoms with Crippen LogP contribution in [0.1, 0.15) is 20.3 Å². The van der Waals surface area contributed by atoms with Crippen molar-refractivity contribution in [2.24, 2.45) is 0 Å². The van der Waals surface area contributed by atoms with E-state index in [4.69, 9.17) is 0 Å². The van der Waals surface area contributed by atoms with Crippen LogP contribution in [0.5, 0.6) is 0 Å². The summed E-state index contributed by atoms with van der Waals surface area (Å²) in [6, 6.07) is 8.00. The third-order valence-corrected chi connectivity index (χ3v) is 7.45. The van der Waals surface area contributed by atoms with Gasteiger partial charge in [0.25, 0.3) is 0 Å². The van der Waals surface area contributed by atoms with Crippen molar-refractivity contribution in [1.82, 2.24) is 30.0 Å². The molecule has 1 aromatic carbocycles. The number of nitrogens with zero attached hydrogens (tertiary/aromatic N) is 5. The Hall–Kier alpha value is -2.37. The van der Waals surface area contributed by atoms with Gasteiger partial charge < -0.3 is 10.6 Å². The van der Waals surface area contributed by atoms with Crippen molar-refractivity contribution in [3.63, 3.8) is 0 Å². The number of carbonyl (C=O) groups is 1. The van der Waals surface area contributed by atoms with Crippen LogP contribution in [0.25, 0.3) is 21.3 Å². The minimum atomic E-state index is -0.0205. The summed E-state index contributed by atoms with van der Waals surface area (Å²) in [5, 5.41) is 12.5. The predicted molar refractivity (Wildman–Crippen MR) is 134 cm³/mol. The number of hydrogen-bond acceptors (Lipinski definition) is 9. The molecule has 3 heterocycles. The molecule has 0 saturated carbocycles. The maximum Gasteiger partial charge on any atom is 0.230 e. The SMILES string of the molecule is CCCNc1nc(SCC)nc2c1cnn2CCNC(=O)CSc1nc2ccccc2s1. The van der Waals surface area contributed by atoms with E-state index in [0.717, 1.165) is 55.3 Å². The van der Waals surface area contributed by atoms with E-state index in [9.17, 15) is 4.79 Å². The summed E-state index contributed by atoms with van der Waals surface area (Å²) < 4.78 is 3.87. The second-order valence-corrected chi connectivity index (χ2v) is 10.4. The first-order valence-corrected chi connectivity index (χ1v) is 13.3. The maximum atomic E-state index is 12.3. The Morgan fingerprint density at radius 1 is 1.12 bits per heavy atom. The Labute approximate surface area is 199 Å². The molecule has 168 valence electrons. The second-order valence-electron chi connectivity index (χ2n) is 6.91. The molecule has 11 heteroatoms. The number of carbonyl (C=O) groups excluding carboxylic acids is 1. The lowest BCUT2D eigenvalue weighted by Crippen LogP contribution is -2.29. The zero-order valence-corrected chi connectivity index (χ0v) is 20.4. The van der Waals surface area contributed by atoms with Crippen LogP contribution in [-0.4, -0.2) is 55.2 Å². The highest BCUT2D eigenvalue weighted by Gasteiger charge is 2.13. The Kier molecular flexibility index (Phi) is 7.82. The molecule has 2 N–H and O–H groups in total. The van der Waals surface area contributed by atoms with Crippen LogP contribution in [-0.2, 0) is 11.3 Å². The van der Waals surface area contributed by atoms with Gasteiger partial charge in [-0.3, -0.25) is 4.79 Å². The van der Waals surface area contributed by atoms with E-state index in [1.807, 2.05) is 28.9 Å². The number of benzene rings is 1. The molecule has 0 atom stereocenters. The van der Waals surface area contributed by atoms with Crippen LogP contribution in [0.15, 0.2) is 40.0 Å². The Balaban J connectivity index is 1.34. The first-order chi connectivity index (χ1) is 15.7. The number of amides is 1. The van der Waals surface area contributed by atoms with Crippen molar-refractivity contribution in [2.75, 3.05) is 29.9 Å². The molecule has 0 aliphatic rings. The number of fused-ring (bicyclic) bond motifs is 2. The molecular weight excluding hydrogens is 462 g/mol. The molecule has 0 aliphatic heterocycles. The zero-order chi connectivity index (χ0) is 22.3. The zero-order valence-electron chi connectivity index (χ0n) is 18.0. The molecule has 1 amide bonds. The summed E-state index contributed by atoms with van der Waals surface area (Å²) in [4.78, 5) is 26.2. The molecule has 0 spiro atoms. The fraction of sp³-hybridized carbons (Fsp3) is 0.381. The molecule has 0 aliphatic carbocycles. The number of anilines is 1. The normalized spacial score (nSPS) is 11.3. The lowest BCUT2D eigenvalue weighted by molar-refractivity contribution is -0.118. The van der Waals surface area contributed by atoms with Crippen molar-refractivity contribution >= 4 is 67.8 Å². The van der Waals surface area contributed by atoms with Gasteiger partial charge in [0.05, 0.1) is 34.1 Å². The third kappa shape index (κ3) is 5.51. The van der Waals surface area contributed by atoms with Crippen molar-refractivity contribution in [1.29, 1.82) is 0 Å². The number of nitrogens with one attached hydrogen (secondary N) is 2. The Morgan fingerprint density at radius 3 is 2.81 bits per heavy atom. The number of thiazole rings is 1. The van der Waals surface area contributed by atoms with E-state index in [2.05, 4.69) is 44.5 Å². The molecule has 3 aromatic heterocycles. The number of rotatable bonds is 11. The average molecular weight is 488 g/mol. The maximum absolute atomic E-state index is 12.3. The van der Waals surface area contributed by atoms with Gasteiger partial charge in [0, 0.05) is 13.1 Å². The average Bonchev–Trinajstić information content (AvgIpc) is 3.40. The molecule has 0 fully saturated rings. The first kappa shape index (κ1) is 22.8. The van der Waals surface area contributed by atoms with Gasteiger partial charge in [-0.25, -0.2) is 19.6 Å². The largest absolute Gasteiger partial charge is 0.369 e. The van der Waals surface area contributed by atoms with Gasteiger partial charge in [0.15, 0.2) is 15.1 Å². The van der Waals surface area contributed by atoms with Crippen LogP contribution < -0.4 is 10.6 Å². The lowest BCUT2D eigenvalue weighted by atomic mass is 10.3. The molecule has 8 nitrogen and oxygen atoms in total. The van der Waals surface area contributed by atoms with Gasteiger partial charge in [-0.15, -0.1) is 11.3 Å². The van der Waals surface area contributed by atoms with Crippen LogP contribution >= 0.6 is 34.9 Å². The summed E-state index contributed by atoms with van der Waals surface area (Å²) in [5.41, 5.74) is 1.76. The van der Waals surface area contributed by atoms with Gasteiger partial charge >= 0.3 is 0 Å². The van der Waals surface area contributed by atoms with Crippen LogP contribution in [0, 0.1) is 0 Å². The lowest BCUT2D eigenvalue weighted by Gasteiger charge is -2.09. The summed E-state index contributed by atoms with van der Waals surface area (Å²) in [7, 11) is 0. The van der Waals surface area contributed by atoms with Crippen LogP contribution in [0.4, 0.5) is 5.82 Å². The fourth-order valence-electron chi connectivity index (χ4n) is 3.06. The summed E-state index contributed by atoms with van der Waals surface area (Å²) >= 11 is 4.68. The molecule has 0 bridgehead atoms. The smallest absolute Gasteiger partial charge is 0.230 e. The summed E-state index contributed by atoms with van der Waals surface area (Å²) in [6.07, 6.45) is 2.80. The fourth-order valence-corrected chi connectivity index (χ4v) is 5.53. The molecule has 4 rings (SSSR count). The number of thioether (sulfide) groups is 2. The first-order valence-electron chi connectivity index (χ1n) is 10.5. The van der Waals surface area contributed by atoms with Gasteiger partial charge in [-0.1, -0.05) is 49.5 Å². The Bertz CT molecular complexity index is 1170. The quantitative estimate of drug-likeness (QED) is 0.239. The summed E-state index contributed by atoms with van der Waals surface area (Å²) in [5.74, 6) is 2.03. The van der Waals surface area contributed by atoms with Gasteiger partial charge in [0.1, 0.15) is 5.82 Å². The molecule has 32 heavy (non-hydrogen) atoms. The van der Waals surface area contributed by atoms with Gasteiger partial charge in [-0.05, 0) is 24.3 Å². The van der Waals surface area contributed by atoms with Gasteiger partial charge in [0.2, 0.25) is 5.91 Å². The van der Waals surface area contributed by atoms with Crippen LogP contribution in [0.2, 0.25) is 0 Å². The van der Waals surface area contributed by atoms with E-state index < -0.39 is 0 Å². The van der Waals surface area contributed by atoms with E-state index in [1.54, 1.807) is 29.3 Å². The number of hydrogen-bond donors (Lipinski definition) is 2. The molecule has 4 aromatic rings. The Morgan fingerprint density at radius 2 is 2.00 bits per heavy atom. The number of aromatic nitrogens is 5. The monoisotopic (exact) mass is 487 g/mol. The van der Waals surface area contributed by atoms with E-state index in [0.29, 0.717) is 18.8 Å². The molecule has 0 radical (unpaired) electrons. The highest BCUT2D eigenvalue weighted by atomic mass is 32.2. The minimum absolute atomic E-state index is 0.0205. The highest BCUT2D eigenvalue weighted by Crippen LogP contribution is 2.29. The molecular formula is C21H25N7OS3. The minimum Gasteiger partial charge on any atom is -0.369 e. The van der Waals surface area contributed by atoms with E-state index in [-0.39, 0.29) is 5.91 Å². The highest BCUT2D eigenvalue weighted by molar-refractivity contribution is 8.01. The third-order valence-electron chi connectivity index (χ3n) is 4.54. The van der Waals surface area contributed by atoms with E-state index in [1.165, 1.54) is 11.8 Å². The van der Waals surface area contributed by atoms with Crippen molar-refractivity contribution in [2.45, 2.75) is 36.3 Å².